The van der Waals surface area contributed by atoms with Gasteiger partial charge in [-0.2, -0.15) is 5.09 Å². The van der Waals surface area contributed by atoms with Crippen LogP contribution in [0.5, 0.6) is 17.2 Å². The first-order valence-electron chi connectivity index (χ1n) is 11.4. The molecule has 1 unspecified atom stereocenters. The van der Waals surface area contributed by atoms with Crippen molar-refractivity contribution in [2.75, 3.05) is 0 Å². The molecule has 0 saturated heterocycles. The van der Waals surface area contributed by atoms with E-state index < -0.39 is 26.4 Å². The molecule has 10 heteroatoms. The Labute approximate surface area is 213 Å². The maximum Gasteiger partial charge on any atom is 0.459 e. The van der Waals surface area contributed by atoms with Crippen LogP contribution < -0.4 is 14.3 Å². The summed E-state index contributed by atoms with van der Waals surface area (Å²) in [5.74, 6) is -0.447. The average molecular weight is 520 g/mol. The van der Waals surface area contributed by atoms with Gasteiger partial charge in [0.2, 0.25) is 0 Å². The zero-order valence-electron chi connectivity index (χ0n) is 20.2. The van der Waals surface area contributed by atoms with E-state index in [1.807, 2.05) is 30.3 Å². The van der Waals surface area contributed by atoms with Gasteiger partial charge in [-0.15, -0.1) is 0 Å². The summed E-state index contributed by atoms with van der Waals surface area (Å²) in [5.41, 5.74) is 0.420. The van der Waals surface area contributed by atoms with Crippen LogP contribution in [0.3, 0.4) is 0 Å². The number of nitrogens with one attached hydrogen (secondary N) is 1. The second kappa shape index (κ2) is 11.3. The summed E-state index contributed by atoms with van der Waals surface area (Å²) in [4.78, 5) is 28.4. The Morgan fingerprint density at radius 1 is 1.05 bits per heavy atom. The Morgan fingerprint density at radius 2 is 1.76 bits per heavy atom. The van der Waals surface area contributed by atoms with Crippen LogP contribution in [-0.2, 0) is 20.5 Å². The number of aromatic hydroxyl groups is 1. The highest BCUT2D eigenvalue weighted by atomic mass is 31.2. The van der Waals surface area contributed by atoms with Crippen molar-refractivity contribution < 1.29 is 33.0 Å². The maximum atomic E-state index is 13.7. The predicted octanol–water partition coefficient (Wildman–Crippen LogP) is 5.35. The number of aldehydes is 1. The van der Waals surface area contributed by atoms with Crippen LogP contribution in [0.4, 0.5) is 0 Å². The van der Waals surface area contributed by atoms with E-state index >= 15 is 0 Å². The SMILES string of the molecule is Cc1ncc(COP(=O)(N[C@@H](C)C(=O)Oc2ccc3ccccc3c2)Oc2ccccc2)c(C=O)c1O. The van der Waals surface area contributed by atoms with Crippen molar-refractivity contribution in [3.05, 3.63) is 95.8 Å². The number of pyridine rings is 1. The highest BCUT2D eigenvalue weighted by Gasteiger charge is 2.33. The topological polar surface area (TPSA) is 124 Å². The third-order valence-corrected chi connectivity index (χ3v) is 7.10. The van der Waals surface area contributed by atoms with E-state index in [2.05, 4.69) is 10.1 Å². The summed E-state index contributed by atoms with van der Waals surface area (Å²) < 4.78 is 30.4. The monoisotopic (exact) mass is 520 g/mol. The van der Waals surface area contributed by atoms with Crippen LogP contribution in [0.25, 0.3) is 10.8 Å². The molecule has 0 amide bonds. The van der Waals surface area contributed by atoms with E-state index in [4.69, 9.17) is 13.8 Å². The first-order valence-corrected chi connectivity index (χ1v) is 12.9. The van der Waals surface area contributed by atoms with E-state index in [1.54, 1.807) is 49.4 Å². The van der Waals surface area contributed by atoms with Gasteiger partial charge in [0.1, 0.15) is 23.3 Å². The molecule has 1 heterocycles. The Hall–Kier alpha value is -4.04. The number of benzene rings is 3. The zero-order chi connectivity index (χ0) is 26.4. The summed E-state index contributed by atoms with van der Waals surface area (Å²) in [7, 11) is -4.19. The number of esters is 1. The van der Waals surface area contributed by atoms with Crippen molar-refractivity contribution in [2.45, 2.75) is 26.5 Å². The fraction of sp³-hybridized carbons (Fsp3) is 0.148. The summed E-state index contributed by atoms with van der Waals surface area (Å²) in [6.07, 6.45) is 1.80. The van der Waals surface area contributed by atoms with Crippen molar-refractivity contribution in [1.82, 2.24) is 10.1 Å². The Morgan fingerprint density at radius 3 is 2.49 bits per heavy atom. The second-order valence-corrected chi connectivity index (χ2v) is 9.90. The molecular weight excluding hydrogens is 495 g/mol. The second-order valence-electron chi connectivity index (χ2n) is 8.21. The Balaban J connectivity index is 1.52. The molecule has 0 fully saturated rings. The molecule has 0 aliphatic rings. The van der Waals surface area contributed by atoms with Gasteiger partial charge in [0.25, 0.3) is 0 Å². The van der Waals surface area contributed by atoms with E-state index in [-0.39, 0.29) is 28.3 Å². The zero-order valence-corrected chi connectivity index (χ0v) is 21.1. The first kappa shape index (κ1) is 26.0. The molecule has 2 N–H and O–H groups in total. The molecule has 1 aromatic heterocycles. The van der Waals surface area contributed by atoms with E-state index in [0.29, 0.717) is 12.0 Å². The Bertz CT molecular complexity index is 1480. The lowest BCUT2D eigenvalue weighted by Gasteiger charge is -2.23. The van der Waals surface area contributed by atoms with Crippen molar-refractivity contribution in [2.24, 2.45) is 0 Å². The van der Waals surface area contributed by atoms with Crippen LogP contribution >= 0.6 is 7.75 Å². The standard InChI is InChI=1S/C27H25N2O7P/c1-18-26(31)25(16-30)22(15-28-18)17-34-37(33,36-23-10-4-3-5-11-23)29-19(2)27(32)35-24-13-12-20-8-6-7-9-21(20)14-24/h3-16,19,31H,17H2,1-2H3,(H,29,33)/t19-,37?/m0/s1. The minimum Gasteiger partial charge on any atom is -0.505 e. The summed E-state index contributed by atoms with van der Waals surface area (Å²) in [6.45, 7) is 2.61. The number of para-hydroxylation sites is 1. The van der Waals surface area contributed by atoms with Gasteiger partial charge in [-0.1, -0.05) is 48.5 Å². The number of hydrogen-bond acceptors (Lipinski definition) is 8. The van der Waals surface area contributed by atoms with Crippen LogP contribution in [-0.4, -0.2) is 28.4 Å². The fourth-order valence-corrected chi connectivity index (χ4v) is 4.96. The average Bonchev–Trinajstić information content (AvgIpc) is 2.89. The number of rotatable bonds is 10. The van der Waals surface area contributed by atoms with Crippen molar-refractivity contribution in [1.29, 1.82) is 0 Å². The summed E-state index contributed by atoms with van der Waals surface area (Å²) >= 11 is 0. The molecular formula is C27H25N2O7P. The Kier molecular flexibility index (Phi) is 7.98. The molecule has 190 valence electrons. The van der Waals surface area contributed by atoms with Gasteiger partial charge in [-0.05, 0) is 48.9 Å². The summed E-state index contributed by atoms with van der Waals surface area (Å²) in [6, 6.07) is 20.0. The molecule has 0 aliphatic heterocycles. The molecule has 0 radical (unpaired) electrons. The molecule has 2 atom stereocenters. The number of nitrogens with zero attached hydrogens (tertiary/aromatic N) is 1. The smallest absolute Gasteiger partial charge is 0.459 e. The number of carbonyl (C=O) groups excluding carboxylic acids is 2. The van der Waals surface area contributed by atoms with Gasteiger partial charge in [-0.25, -0.2) is 9.36 Å². The van der Waals surface area contributed by atoms with Gasteiger partial charge < -0.3 is 14.4 Å². The number of carbonyl (C=O) groups is 2. The predicted molar refractivity (Wildman–Crippen MR) is 138 cm³/mol. The lowest BCUT2D eigenvalue weighted by molar-refractivity contribution is -0.135. The molecule has 0 bridgehead atoms. The highest BCUT2D eigenvalue weighted by Crippen LogP contribution is 2.46. The molecule has 0 aliphatic carbocycles. The molecule has 4 rings (SSSR count). The lowest BCUT2D eigenvalue weighted by atomic mass is 10.1. The van der Waals surface area contributed by atoms with Gasteiger partial charge in [0.15, 0.2) is 6.29 Å². The van der Waals surface area contributed by atoms with Gasteiger partial charge in [0, 0.05) is 11.8 Å². The van der Waals surface area contributed by atoms with Crippen molar-refractivity contribution in [3.8, 4) is 17.2 Å². The van der Waals surface area contributed by atoms with Crippen molar-refractivity contribution >= 4 is 30.8 Å². The molecule has 3 aromatic carbocycles. The third kappa shape index (κ3) is 6.40. The lowest BCUT2D eigenvalue weighted by Crippen LogP contribution is -2.36. The minimum absolute atomic E-state index is 0.0393. The molecule has 4 aromatic rings. The minimum atomic E-state index is -4.19. The van der Waals surface area contributed by atoms with Gasteiger partial charge >= 0.3 is 13.7 Å². The van der Waals surface area contributed by atoms with E-state index in [1.165, 1.54) is 13.1 Å². The largest absolute Gasteiger partial charge is 0.505 e. The number of fused-ring (bicyclic) bond motifs is 1. The van der Waals surface area contributed by atoms with Crippen LogP contribution in [0.2, 0.25) is 0 Å². The van der Waals surface area contributed by atoms with Gasteiger partial charge in [0.05, 0.1) is 17.9 Å². The summed E-state index contributed by atoms with van der Waals surface area (Å²) in [5, 5.41) is 14.6. The first-order chi connectivity index (χ1) is 17.8. The van der Waals surface area contributed by atoms with E-state index in [0.717, 1.165) is 10.8 Å². The van der Waals surface area contributed by atoms with E-state index in [9.17, 15) is 19.3 Å². The normalized spacial score (nSPS) is 13.5. The molecule has 0 saturated carbocycles. The fourth-order valence-electron chi connectivity index (χ4n) is 3.49. The van der Waals surface area contributed by atoms with Crippen LogP contribution in [0.1, 0.15) is 28.5 Å². The number of ether oxygens (including phenoxy) is 1. The van der Waals surface area contributed by atoms with Crippen molar-refractivity contribution in [3.63, 3.8) is 0 Å². The van der Waals surface area contributed by atoms with Crippen LogP contribution in [0, 0.1) is 6.92 Å². The number of aryl methyl sites for hydroxylation is 1. The van der Waals surface area contributed by atoms with Crippen LogP contribution in [0.15, 0.2) is 79.0 Å². The molecule has 0 spiro atoms. The number of hydrogen-bond donors (Lipinski definition) is 2. The third-order valence-electron chi connectivity index (χ3n) is 5.48. The molecule has 37 heavy (non-hydrogen) atoms. The number of aromatic nitrogens is 1. The maximum absolute atomic E-state index is 13.7. The molecule has 9 nitrogen and oxygen atoms in total. The quantitative estimate of drug-likeness (QED) is 0.123. The van der Waals surface area contributed by atoms with Gasteiger partial charge in [-0.3, -0.25) is 14.3 Å². The highest BCUT2D eigenvalue weighted by molar-refractivity contribution is 7.52.